The highest BCUT2D eigenvalue weighted by atomic mass is 35.5. The summed E-state index contributed by atoms with van der Waals surface area (Å²) in [4.78, 5) is 41.0. The third-order valence-corrected chi connectivity index (χ3v) is 7.62. The zero-order chi connectivity index (χ0) is 24.2. The number of benzene rings is 2. The Labute approximate surface area is 198 Å². The molecular weight excluding hydrogens is 466 g/mol. The fourth-order valence-electron chi connectivity index (χ4n) is 3.51. The molecule has 2 aromatic rings. The van der Waals surface area contributed by atoms with Gasteiger partial charge in [-0.3, -0.25) is 14.4 Å². The minimum atomic E-state index is -4.27. The molecular formula is C23H26ClN3O5S. The van der Waals surface area contributed by atoms with E-state index < -0.39 is 27.0 Å². The van der Waals surface area contributed by atoms with Gasteiger partial charge in [0.25, 0.3) is 11.8 Å². The van der Waals surface area contributed by atoms with Crippen LogP contribution in [0.25, 0.3) is 0 Å². The average Bonchev–Trinajstić information content (AvgIpc) is 2.82. The molecule has 0 aromatic heterocycles. The van der Waals surface area contributed by atoms with Crippen LogP contribution in [0.4, 0.5) is 0 Å². The number of hydrogen-bond donors (Lipinski definition) is 1. The van der Waals surface area contributed by atoms with Crippen LogP contribution in [-0.2, 0) is 19.4 Å². The predicted octanol–water partition coefficient (Wildman–Crippen LogP) is 2.26. The van der Waals surface area contributed by atoms with Crippen molar-refractivity contribution in [2.45, 2.75) is 30.5 Å². The largest absolute Gasteiger partial charge is 0.339 e. The normalized spacial score (nSPS) is 15.1. The Kier molecular flexibility index (Phi) is 7.76. The second-order valence-electron chi connectivity index (χ2n) is 7.78. The smallest absolute Gasteiger partial charge is 0.261 e. The Balaban J connectivity index is 1.88. The molecule has 0 unspecified atom stereocenters. The third-order valence-electron chi connectivity index (χ3n) is 5.50. The molecule has 10 heteroatoms. The summed E-state index contributed by atoms with van der Waals surface area (Å²) < 4.78 is 26.8. The molecule has 1 N–H and O–H groups in total. The first-order valence-electron chi connectivity index (χ1n) is 10.6. The van der Waals surface area contributed by atoms with Gasteiger partial charge in [-0.2, -0.15) is 0 Å². The molecule has 0 spiro atoms. The molecule has 3 amide bonds. The van der Waals surface area contributed by atoms with Crippen molar-refractivity contribution in [3.8, 4) is 0 Å². The highest BCUT2D eigenvalue weighted by Crippen LogP contribution is 2.20. The molecule has 1 atom stereocenters. The van der Waals surface area contributed by atoms with Crippen LogP contribution >= 0.6 is 11.6 Å². The van der Waals surface area contributed by atoms with Gasteiger partial charge in [0.15, 0.2) is 0 Å². The minimum Gasteiger partial charge on any atom is -0.339 e. The third kappa shape index (κ3) is 5.72. The molecule has 2 aromatic carbocycles. The van der Waals surface area contributed by atoms with E-state index in [9.17, 15) is 22.8 Å². The van der Waals surface area contributed by atoms with Crippen LogP contribution in [0.15, 0.2) is 53.4 Å². The molecule has 0 bridgehead atoms. The Morgan fingerprint density at radius 3 is 2.03 bits per heavy atom. The first-order valence-corrected chi connectivity index (χ1v) is 12.5. The molecule has 1 aliphatic rings. The number of carbonyl (C=O) groups excluding carboxylic acids is 3. The lowest BCUT2D eigenvalue weighted by Crippen LogP contribution is -2.57. The SMILES string of the molecule is CCC(=O)N1CCN(C(=O)[C@@H](NC(=O)c2ccc(C)cc2)S(=O)(=O)c2ccc(Cl)cc2)CC1. The summed E-state index contributed by atoms with van der Waals surface area (Å²) in [5, 5.41) is 0.943. The van der Waals surface area contributed by atoms with E-state index >= 15 is 0 Å². The van der Waals surface area contributed by atoms with Crippen molar-refractivity contribution in [2.24, 2.45) is 0 Å². The van der Waals surface area contributed by atoms with Crippen LogP contribution in [0.2, 0.25) is 5.02 Å². The van der Waals surface area contributed by atoms with Gasteiger partial charge in [0.2, 0.25) is 21.1 Å². The number of halogens is 1. The van der Waals surface area contributed by atoms with Gasteiger partial charge in [0.05, 0.1) is 4.90 Å². The number of hydrogen-bond acceptors (Lipinski definition) is 5. The van der Waals surface area contributed by atoms with Crippen molar-refractivity contribution in [1.82, 2.24) is 15.1 Å². The van der Waals surface area contributed by atoms with E-state index in [1.807, 2.05) is 6.92 Å². The molecule has 1 fully saturated rings. The molecule has 1 saturated heterocycles. The number of carbonyl (C=O) groups is 3. The molecule has 8 nitrogen and oxygen atoms in total. The zero-order valence-electron chi connectivity index (χ0n) is 18.5. The number of amides is 3. The van der Waals surface area contributed by atoms with E-state index in [4.69, 9.17) is 11.6 Å². The maximum absolute atomic E-state index is 13.4. The molecule has 33 heavy (non-hydrogen) atoms. The van der Waals surface area contributed by atoms with Gasteiger partial charge in [-0.15, -0.1) is 0 Å². The number of nitrogens with one attached hydrogen (secondary N) is 1. The first kappa shape index (κ1) is 24.7. The lowest BCUT2D eigenvalue weighted by molar-refractivity contribution is -0.139. The van der Waals surface area contributed by atoms with Crippen molar-refractivity contribution in [1.29, 1.82) is 0 Å². The second kappa shape index (κ2) is 10.4. The highest BCUT2D eigenvalue weighted by molar-refractivity contribution is 7.92. The molecule has 1 heterocycles. The molecule has 0 saturated carbocycles. The van der Waals surface area contributed by atoms with Gasteiger partial charge in [-0.25, -0.2) is 8.42 Å². The molecule has 1 aliphatic heterocycles. The topological polar surface area (TPSA) is 104 Å². The average molecular weight is 492 g/mol. The Morgan fingerprint density at radius 2 is 1.48 bits per heavy atom. The number of piperazine rings is 1. The number of aryl methyl sites for hydroxylation is 1. The Morgan fingerprint density at radius 1 is 0.939 bits per heavy atom. The molecule has 0 aliphatic carbocycles. The van der Waals surface area contributed by atoms with Crippen molar-refractivity contribution >= 4 is 39.2 Å². The standard InChI is InChI=1S/C23H26ClN3O5S/c1-3-20(28)26-12-14-27(15-13-26)23(30)22(25-21(29)17-6-4-16(2)5-7-17)33(31,32)19-10-8-18(24)9-11-19/h4-11,22H,3,12-15H2,1-2H3,(H,25,29)/t22-/m0/s1. The minimum absolute atomic E-state index is 0.0277. The summed E-state index contributed by atoms with van der Waals surface area (Å²) in [6.45, 7) is 4.59. The monoisotopic (exact) mass is 491 g/mol. The molecule has 0 radical (unpaired) electrons. The quantitative estimate of drug-likeness (QED) is 0.667. The number of rotatable bonds is 6. The maximum atomic E-state index is 13.4. The van der Waals surface area contributed by atoms with E-state index in [0.29, 0.717) is 24.5 Å². The van der Waals surface area contributed by atoms with Crippen molar-refractivity contribution in [2.75, 3.05) is 26.2 Å². The van der Waals surface area contributed by atoms with Crippen LogP contribution in [0.3, 0.4) is 0 Å². The maximum Gasteiger partial charge on any atom is 0.261 e. The van der Waals surface area contributed by atoms with E-state index in [0.717, 1.165) is 5.56 Å². The number of nitrogens with zero attached hydrogens (tertiary/aromatic N) is 2. The Hall–Kier alpha value is -2.91. The van der Waals surface area contributed by atoms with Crippen LogP contribution < -0.4 is 5.32 Å². The van der Waals surface area contributed by atoms with Crippen molar-refractivity contribution in [3.63, 3.8) is 0 Å². The summed E-state index contributed by atoms with van der Waals surface area (Å²) in [5.74, 6) is -1.44. The van der Waals surface area contributed by atoms with Gasteiger partial charge in [-0.05, 0) is 43.3 Å². The van der Waals surface area contributed by atoms with Crippen LogP contribution in [0, 0.1) is 6.92 Å². The van der Waals surface area contributed by atoms with Gasteiger partial charge in [-0.1, -0.05) is 36.2 Å². The Bertz CT molecular complexity index is 1130. The molecule has 176 valence electrons. The first-order chi connectivity index (χ1) is 15.6. The van der Waals surface area contributed by atoms with E-state index in [2.05, 4.69) is 5.32 Å². The van der Waals surface area contributed by atoms with Gasteiger partial charge >= 0.3 is 0 Å². The second-order valence-corrected chi connectivity index (χ2v) is 10.2. The van der Waals surface area contributed by atoms with Crippen LogP contribution in [0.5, 0.6) is 0 Å². The lowest BCUT2D eigenvalue weighted by Gasteiger charge is -2.36. The summed E-state index contributed by atoms with van der Waals surface area (Å²) in [5.41, 5.74) is 1.18. The van der Waals surface area contributed by atoms with Crippen LogP contribution in [-0.4, -0.2) is 67.5 Å². The lowest BCUT2D eigenvalue weighted by atomic mass is 10.1. The van der Waals surface area contributed by atoms with E-state index in [1.54, 1.807) is 36.1 Å². The van der Waals surface area contributed by atoms with Crippen LogP contribution in [0.1, 0.15) is 29.3 Å². The fraction of sp³-hybridized carbons (Fsp3) is 0.348. The highest BCUT2D eigenvalue weighted by Gasteiger charge is 2.39. The molecule has 3 rings (SSSR count). The van der Waals surface area contributed by atoms with Crippen molar-refractivity contribution in [3.05, 3.63) is 64.7 Å². The van der Waals surface area contributed by atoms with E-state index in [1.165, 1.54) is 29.2 Å². The van der Waals surface area contributed by atoms with Crippen molar-refractivity contribution < 1.29 is 22.8 Å². The fourth-order valence-corrected chi connectivity index (χ4v) is 5.10. The summed E-state index contributed by atoms with van der Waals surface area (Å²) >= 11 is 5.88. The van der Waals surface area contributed by atoms with Gasteiger partial charge < -0.3 is 15.1 Å². The van der Waals surface area contributed by atoms with Gasteiger partial charge in [0, 0.05) is 43.2 Å². The number of sulfone groups is 1. The van der Waals surface area contributed by atoms with E-state index in [-0.39, 0.29) is 29.5 Å². The summed E-state index contributed by atoms with van der Waals surface area (Å²) in [7, 11) is -4.27. The zero-order valence-corrected chi connectivity index (χ0v) is 20.0. The summed E-state index contributed by atoms with van der Waals surface area (Å²) in [6.07, 6.45) is 0.355. The summed E-state index contributed by atoms with van der Waals surface area (Å²) in [6, 6.07) is 12.0. The predicted molar refractivity (Wildman–Crippen MR) is 125 cm³/mol. The van der Waals surface area contributed by atoms with Gasteiger partial charge in [0.1, 0.15) is 0 Å².